The Labute approximate surface area is 166 Å². The van der Waals surface area contributed by atoms with E-state index in [4.69, 9.17) is 29.3 Å². The van der Waals surface area contributed by atoms with Crippen molar-refractivity contribution in [2.75, 3.05) is 20.8 Å². The number of aliphatic carboxylic acids is 2. The number of nitrogens with one attached hydrogen (secondary N) is 1. The topological polar surface area (TPSA) is 105 Å². The van der Waals surface area contributed by atoms with Crippen LogP contribution >= 0.6 is 15.9 Å². The first-order valence-electron chi connectivity index (χ1n) is 7.99. The minimum atomic E-state index is -1.82. The molecule has 0 spiro atoms. The maximum atomic E-state index is 9.10. The standard InChI is InChI=1S/C17H20BrNO2.C2H2O4/c1-20-15-5-3-4-13(10-15)8-9-19-12-14-6-7-17(21-2)16(18)11-14;3-1(4)2(5)6/h3-7,10-11,19H,8-9,12H2,1-2H3;(H,3,4)(H,5,6). The highest BCUT2D eigenvalue weighted by Gasteiger charge is 2.04. The molecule has 0 aliphatic carbocycles. The van der Waals surface area contributed by atoms with Gasteiger partial charge in [-0.25, -0.2) is 9.59 Å². The quantitative estimate of drug-likeness (QED) is 0.449. The van der Waals surface area contributed by atoms with Crippen LogP contribution in [-0.2, 0) is 22.6 Å². The fraction of sp³-hybridized carbons (Fsp3) is 0.263. The molecule has 0 fully saturated rings. The Morgan fingerprint density at radius 3 is 2.26 bits per heavy atom. The van der Waals surface area contributed by atoms with Crippen LogP contribution in [0.3, 0.4) is 0 Å². The summed E-state index contributed by atoms with van der Waals surface area (Å²) in [5.74, 6) is -1.88. The number of methoxy groups -OCH3 is 2. The van der Waals surface area contributed by atoms with E-state index < -0.39 is 11.9 Å². The number of hydrogen-bond acceptors (Lipinski definition) is 5. The van der Waals surface area contributed by atoms with Crippen LogP contribution in [-0.4, -0.2) is 42.9 Å². The number of hydrogen-bond donors (Lipinski definition) is 3. The van der Waals surface area contributed by atoms with Crippen LogP contribution in [0.2, 0.25) is 0 Å². The number of carbonyl (C=O) groups is 2. The van der Waals surface area contributed by atoms with Crippen molar-refractivity contribution in [2.24, 2.45) is 0 Å². The van der Waals surface area contributed by atoms with Crippen LogP contribution < -0.4 is 14.8 Å². The van der Waals surface area contributed by atoms with Crippen molar-refractivity contribution >= 4 is 27.9 Å². The Hall–Kier alpha value is -2.58. The monoisotopic (exact) mass is 439 g/mol. The summed E-state index contributed by atoms with van der Waals surface area (Å²) < 4.78 is 11.4. The first kappa shape index (κ1) is 22.5. The van der Waals surface area contributed by atoms with E-state index in [1.54, 1.807) is 14.2 Å². The van der Waals surface area contributed by atoms with Crippen molar-refractivity contribution in [3.8, 4) is 11.5 Å². The lowest BCUT2D eigenvalue weighted by Gasteiger charge is -2.08. The number of ether oxygens (including phenoxy) is 2. The summed E-state index contributed by atoms with van der Waals surface area (Å²) in [5.41, 5.74) is 2.51. The summed E-state index contributed by atoms with van der Waals surface area (Å²) in [6.07, 6.45) is 0.981. The van der Waals surface area contributed by atoms with Crippen LogP contribution in [0.5, 0.6) is 11.5 Å². The van der Waals surface area contributed by atoms with Gasteiger partial charge in [-0.05, 0) is 64.3 Å². The molecule has 2 rings (SSSR count). The molecule has 0 unspecified atom stereocenters. The molecule has 0 radical (unpaired) electrons. The molecule has 0 heterocycles. The zero-order valence-corrected chi connectivity index (χ0v) is 16.7. The number of carboxylic acids is 2. The molecule has 2 aromatic carbocycles. The number of carboxylic acid groups (broad SMARTS) is 2. The van der Waals surface area contributed by atoms with E-state index in [0.717, 1.165) is 35.5 Å². The molecule has 146 valence electrons. The average Bonchev–Trinajstić information content (AvgIpc) is 2.66. The van der Waals surface area contributed by atoms with Crippen LogP contribution in [0, 0.1) is 0 Å². The summed E-state index contributed by atoms with van der Waals surface area (Å²) in [4.78, 5) is 18.2. The third-order valence-electron chi connectivity index (χ3n) is 3.45. The van der Waals surface area contributed by atoms with Crippen molar-refractivity contribution in [1.82, 2.24) is 5.32 Å². The van der Waals surface area contributed by atoms with Crippen molar-refractivity contribution in [1.29, 1.82) is 0 Å². The van der Waals surface area contributed by atoms with Crippen LogP contribution in [0.1, 0.15) is 11.1 Å². The molecular formula is C19H22BrNO6. The summed E-state index contributed by atoms with van der Waals surface area (Å²) >= 11 is 3.50. The van der Waals surface area contributed by atoms with Gasteiger partial charge in [-0.15, -0.1) is 0 Å². The van der Waals surface area contributed by atoms with Gasteiger partial charge >= 0.3 is 11.9 Å². The molecule has 0 saturated carbocycles. The Morgan fingerprint density at radius 2 is 1.70 bits per heavy atom. The second-order valence-electron chi connectivity index (χ2n) is 5.36. The third kappa shape index (κ3) is 8.57. The molecule has 7 nitrogen and oxygen atoms in total. The summed E-state index contributed by atoms with van der Waals surface area (Å²) in [6.45, 7) is 1.77. The molecule has 0 saturated heterocycles. The van der Waals surface area contributed by atoms with Crippen molar-refractivity contribution < 1.29 is 29.3 Å². The number of rotatable bonds is 7. The molecule has 0 bridgehead atoms. The number of benzene rings is 2. The SMILES string of the molecule is COc1cccc(CCNCc2ccc(OC)c(Br)c2)c1.O=C(O)C(=O)O. The molecule has 0 aliphatic heterocycles. The lowest BCUT2D eigenvalue weighted by atomic mass is 10.1. The van der Waals surface area contributed by atoms with Gasteiger partial charge in [0, 0.05) is 6.54 Å². The predicted molar refractivity (Wildman–Crippen MR) is 104 cm³/mol. The minimum absolute atomic E-state index is 0.840. The zero-order chi connectivity index (χ0) is 20.2. The first-order chi connectivity index (χ1) is 12.9. The second-order valence-corrected chi connectivity index (χ2v) is 6.21. The fourth-order valence-electron chi connectivity index (χ4n) is 2.11. The van der Waals surface area contributed by atoms with Gasteiger partial charge in [0.05, 0.1) is 18.7 Å². The normalized spacial score (nSPS) is 9.74. The van der Waals surface area contributed by atoms with E-state index in [9.17, 15) is 0 Å². The second kappa shape index (κ2) is 11.9. The molecule has 0 atom stereocenters. The van der Waals surface area contributed by atoms with Gasteiger partial charge in [-0.2, -0.15) is 0 Å². The lowest BCUT2D eigenvalue weighted by molar-refractivity contribution is -0.159. The van der Waals surface area contributed by atoms with Gasteiger partial charge < -0.3 is 25.0 Å². The molecule has 0 amide bonds. The molecule has 27 heavy (non-hydrogen) atoms. The summed E-state index contributed by atoms with van der Waals surface area (Å²) in [6, 6.07) is 14.3. The Bertz CT molecular complexity index is 754. The number of halogens is 1. The molecule has 2 aromatic rings. The van der Waals surface area contributed by atoms with Gasteiger partial charge in [0.25, 0.3) is 0 Å². The van der Waals surface area contributed by atoms with Gasteiger partial charge in [0.2, 0.25) is 0 Å². The highest BCUT2D eigenvalue weighted by Crippen LogP contribution is 2.25. The van der Waals surface area contributed by atoms with Crippen molar-refractivity contribution in [2.45, 2.75) is 13.0 Å². The van der Waals surface area contributed by atoms with Crippen LogP contribution in [0.15, 0.2) is 46.9 Å². The average molecular weight is 440 g/mol. The van der Waals surface area contributed by atoms with E-state index in [-0.39, 0.29) is 0 Å². The van der Waals surface area contributed by atoms with E-state index >= 15 is 0 Å². The van der Waals surface area contributed by atoms with Gasteiger partial charge in [-0.1, -0.05) is 18.2 Å². The van der Waals surface area contributed by atoms with Gasteiger partial charge in [0.15, 0.2) is 0 Å². The summed E-state index contributed by atoms with van der Waals surface area (Å²) in [7, 11) is 3.37. The summed E-state index contributed by atoms with van der Waals surface area (Å²) in [5, 5.41) is 18.2. The van der Waals surface area contributed by atoms with E-state index in [1.165, 1.54) is 11.1 Å². The largest absolute Gasteiger partial charge is 0.497 e. The van der Waals surface area contributed by atoms with Gasteiger partial charge in [0.1, 0.15) is 11.5 Å². The first-order valence-corrected chi connectivity index (χ1v) is 8.79. The van der Waals surface area contributed by atoms with E-state index in [1.807, 2.05) is 18.2 Å². The van der Waals surface area contributed by atoms with E-state index in [0.29, 0.717) is 0 Å². The smallest absolute Gasteiger partial charge is 0.414 e. The predicted octanol–water partition coefficient (Wildman–Crippen LogP) is 2.95. The van der Waals surface area contributed by atoms with Crippen molar-refractivity contribution in [3.63, 3.8) is 0 Å². The molecule has 8 heteroatoms. The highest BCUT2D eigenvalue weighted by molar-refractivity contribution is 9.10. The Balaban J connectivity index is 0.000000527. The van der Waals surface area contributed by atoms with Gasteiger partial charge in [-0.3, -0.25) is 0 Å². The molecular weight excluding hydrogens is 418 g/mol. The molecule has 0 aliphatic rings. The molecule has 0 aromatic heterocycles. The highest BCUT2D eigenvalue weighted by atomic mass is 79.9. The Morgan fingerprint density at radius 1 is 1.00 bits per heavy atom. The van der Waals surface area contributed by atoms with Crippen LogP contribution in [0.4, 0.5) is 0 Å². The van der Waals surface area contributed by atoms with Crippen molar-refractivity contribution in [3.05, 3.63) is 58.1 Å². The Kier molecular flexibility index (Phi) is 9.92. The minimum Gasteiger partial charge on any atom is -0.497 e. The molecule has 3 N–H and O–H groups in total. The third-order valence-corrected chi connectivity index (χ3v) is 4.07. The van der Waals surface area contributed by atoms with Crippen LogP contribution in [0.25, 0.3) is 0 Å². The maximum Gasteiger partial charge on any atom is 0.414 e. The fourth-order valence-corrected chi connectivity index (χ4v) is 2.70. The van der Waals surface area contributed by atoms with E-state index in [2.05, 4.69) is 45.5 Å². The maximum absolute atomic E-state index is 9.10. The lowest BCUT2D eigenvalue weighted by Crippen LogP contribution is -2.16. The zero-order valence-electron chi connectivity index (χ0n) is 15.1.